The number of carbonyl (C=O) groups excluding carboxylic acids is 1. The Morgan fingerprint density at radius 1 is 1.17 bits per heavy atom. The molecule has 0 bridgehead atoms. The van der Waals surface area contributed by atoms with Crippen LogP contribution in [0.4, 0.5) is 26.3 Å². The van der Waals surface area contributed by atoms with E-state index in [2.05, 4.69) is 0 Å². The molecule has 1 rings (SSSR count). The van der Waals surface area contributed by atoms with Gasteiger partial charge in [-0.15, -0.1) is 11.6 Å². The Morgan fingerprint density at radius 3 is 1.89 bits per heavy atom. The lowest BCUT2D eigenvalue weighted by atomic mass is 10.1. The van der Waals surface area contributed by atoms with Crippen molar-refractivity contribution in [3.63, 3.8) is 0 Å². The van der Waals surface area contributed by atoms with Gasteiger partial charge in [0.2, 0.25) is 11.8 Å². The number of nitrogens with one attached hydrogen (secondary N) is 1. The molecule has 0 aliphatic heterocycles. The van der Waals surface area contributed by atoms with Crippen LogP contribution in [0.25, 0.3) is 0 Å². The van der Waals surface area contributed by atoms with Gasteiger partial charge < -0.3 is 5.32 Å². The third kappa shape index (κ3) is 3.66. The lowest BCUT2D eigenvalue weighted by Crippen LogP contribution is -2.49. The van der Waals surface area contributed by atoms with Gasteiger partial charge in [-0.25, -0.2) is 0 Å². The molecule has 2 nitrogen and oxygen atoms in total. The number of alkyl halides is 7. The molecule has 0 saturated heterocycles. The lowest BCUT2D eigenvalue weighted by Gasteiger charge is -2.23. The molecular weight excluding hydrogens is 288 g/mol. The molecule has 1 fully saturated rings. The molecule has 1 saturated carbocycles. The molecule has 1 N–H and O–H groups in total. The van der Waals surface area contributed by atoms with Crippen LogP contribution < -0.4 is 5.32 Å². The number of rotatable bonds is 4. The van der Waals surface area contributed by atoms with E-state index in [0.29, 0.717) is 12.8 Å². The van der Waals surface area contributed by atoms with Gasteiger partial charge in [-0.05, 0) is 12.8 Å². The summed E-state index contributed by atoms with van der Waals surface area (Å²) in [6.07, 6.45) is -10.1. The van der Waals surface area contributed by atoms with Crippen molar-refractivity contribution in [2.75, 3.05) is 12.4 Å². The van der Waals surface area contributed by atoms with E-state index in [9.17, 15) is 31.1 Å². The van der Waals surface area contributed by atoms with Crippen molar-refractivity contribution in [1.82, 2.24) is 5.32 Å². The second kappa shape index (κ2) is 4.79. The van der Waals surface area contributed by atoms with Crippen LogP contribution in [0.3, 0.4) is 0 Å². The van der Waals surface area contributed by atoms with Gasteiger partial charge in [0.1, 0.15) is 0 Å². The molecule has 0 aromatic rings. The Labute approximate surface area is 104 Å². The minimum Gasteiger partial charge on any atom is -0.355 e. The fraction of sp³-hybridized carbons (Fsp3) is 0.889. The summed E-state index contributed by atoms with van der Waals surface area (Å²) in [4.78, 5) is 11.0. The summed E-state index contributed by atoms with van der Waals surface area (Å²) in [6.45, 7) is -0.266. The highest BCUT2D eigenvalue weighted by molar-refractivity contribution is 6.18. The van der Waals surface area contributed by atoms with E-state index in [1.165, 1.54) is 0 Å². The third-order valence-corrected chi connectivity index (χ3v) is 3.36. The van der Waals surface area contributed by atoms with E-state index in [1.54, 1.807) is 5.32 Å². The Morgan fingerprint density at radius 2 is 1.61 bits per heavy atom. The fourth-order valence-electron chi connectivity index (χ4n) is 1.39. The number of carbonyl (C=O) groups is 1. The quantitative estimate of drug-likeness (QED) is 0.627. The highest BCUT2D eigenvalue weighted by Crippen LogP contribution is 2.46. The average molecular weight is 298 g/mol. The van der Waals surface area contributed by atoms with E-state index >= 15 is 0 Å². The summed E-state index contributed by atoms with van der Waals surface area (Å²) in [6, 6.07) is 0. The Kier molecular flexibility index (Phi) is 4.10. The van der Waals surface area contributed by atoms with Crippen molar-refractivity contribution in [2.24, 2.45) is 11.3 Å². The van der Waals surface area contributed by atoms with Crippen molar-refractivity contribution in [2.45, 2.75) is 25.2 Å². The lowest BCUT2D eigenvalue weighted by molar-refractivity contribution is -0.274. The van der Waals surface area contributed by atoms with Crippen molar-refractivity contribution >= 4 is 17.5 Å². The van der Waals surface area contributed by atoms with E-state index < -0.39 is 29.6 Å². The molecule has 1 aliphatic carbocycles. The van der Waals surface area contributed by atoms with E-state index in [1.807, 2.05) is 0 Å². The van der Waals surface area contributed by atoms with Crippen LogP contribution in [0.5, 0.6) is 0 Å². The van der Waals surface area contributed by atoms with E-state index in [-0.39, 0.29) is 12.4 Å². The predicted octanol–water partition coefficient (Wildman–Crippen LogP) is 2.86. The molecule has 9 heteroatoms. The maximum Gasteiger partial charge on any atom is 0.409 e. The van der Waals surface area contributed by atoms with Gasteiger partial charge in [0.25, 0.3) is 0 Å². The molecule has 1 aliphatic rings. The average Bonchev–Trinajstić information content (AvgIpc) is 2.90. The zero-order valence-electron chi connectivity index (χ0n) is 8.96. The normalized spacial score (nSPS) is 18.9. The van der Waals surface area contributed by atoms with Crippen LogP contribution in [-0.2, 0) is 4.79 Å². The maximum atomic E-state index is 12.2. The molecule has 106 valence electrons. The van der Waals surface area contributed by atoms with Gasteiger partial charge >= 0.3 is 12.4 Å². The molecule has 0 atom stereocenters. The largest absolute Gasteiger partial charge is 0.409 e. The Bertz CT molecular complexity index is 308. The molecule has 0 unspecified atom stereocenters. The zero-order chi connectivity index (χ0) is 14.2. The highest BCUT2D eigenvalue weighted by atomic mass is 35.5. The van der Waals surface area contributed by atoms with Crippen molar-refractivity contribution in [3.05, 3.63) is 0 Å². The molecule has 1 amide bonds. The van der Waals surface area contributed by atoms with Crippen molar-refractivity contribution in [3.8, 4) is 0 Å². The first-order valence-electron chi connectivity index (χ1n) is 4.99. The summed E-state index contributed by atoms with van der Waals surface area (Å²) in [5, 5.41) is 1.69. The predicted molar refractivity (Wildman–Crippen MR) is 51.0 cm³/mol. The fourth-order valence-corrected chi connectivity index (χ4v) is 1.76. The molecule has 18 heavy (non-hydrogen) atoms. The first-order valence-corrected chi connectivity index (χ1v) is 5.52. The van der Waals surface area contributed by atoms with Crippen molar-refractivity contribution < 1.29 is 31.1 Å². The Hall–Kier alpha value is -0.660. The topological polar surface area (TPSA) is 29.1 Å². The number of amides is 1. The third-order valence-electron chi connectivity index (χ3n) is 2.80. The maximum absolute atomic E-state index is 12.2. The van der Waals surface area contributed by atoms with E-state index in [4.69, 9.17) is 11.6 Å². The van der Waals surface area contributed by atoms with Gasteiger partial charge in [0.15, 0.2) is 0 Å². The number of hydrogen-bond acceptors (Lipinski definition) is 1. The van der Waals surface area contributed by atoms with Gasteiger partial charge in [-0.2, -0.15) is 26.3 Å². The van der Waals surface area contributed by atoms with Gasteiger partial charge in [-0.1, -0.05) is 0 Å². The van der Waals surface area contributed by atoms with E-state index in [0.717, 1.165) is 0 Å². The second-order valence-corrected chi connectivity index (χ2v) is 4.63. The van der Waals surface area contributed by atoms with Crippen LogP contribution in [0.15, 0.2) is 0 Å². The van der Waals surface area contributed by atoms with Gasteiger partial charge in [0.05, 0.1) is 0 Å². The minimum atomic E-state index is -5.65. The zero-order valence-corrected chi connectivity index (χ0v) is 9.72. The smallest absolute Gasteiger partial charge is 0.355 e. The number of halogens is 7. The first-order chi connectivity index (χ1) is 8.02. The minimum absolute atomic E-state index is 0.0932. The van der Waals surface area contributed by atoms with Gasteiger partial charge in [-0.3, -0.25) is 4.79 Å². The summed E-state index contributed by atoms with van der Waals surface area (Å²) >= 11 is 5.50. The SMILES string of the molecule is O=C(NCC1(CCl)CC1)C(C(F)(F)F)C(F)(F)F. The molecule has 0 heterocycles. The molecular formula is C9H10ClF6NO. The second-order valence-electron chi connectivity index (χ2n) is 4.37. The number of hydrogen-bond donors (Lipinski definition) is 1. The van der Waals surface area contributed by atoms with Crippen LogP contribution in [-0.4, -0.2) is 30.7 Å². The summed E-state index contributed by atoms with van der Waals surface area (Å²) in [5.41, 5.74) is -0.543. The Balaban J connectivity index is 2.67. The standard InChI is InChI=1S/C9H10ClF6NO/c10-3-7(1-2-7)4-17-6(18)5(8(11,12)13)9(14,15)16/h5H,1-4H2,(H,17,18). The first kappa shape index (κ1) is 15.4. The van der Waals surface area contributed by atoms with Crippen LogP contribution in [0, 0.1) is 11.3 Å². The van der Waals surface area contributed by atoms with Crippen LogP contribution >= 0.6 is 11.6 Å². The molecule has 0 radical (unpaired) electrons. The summed E-state index contributed by atoms with van der Waals surface area (Å²) in [5.74, 6) is -5.97. The van der Waals surface area contributed by atoms with Crippen molar-refractivity contribution in [1.29, 1.82) is 0 Å². The summed E-state index contributed by atoms with van der Waals surface area (Å²) in [7, 11) is 0. The van der Waals surface area contributed by atoms with Crippen LogP contribution in [0.2, 0.25) is 0 Å². The summed E-state index contributed by atoms with van der Waals surface area (Å²) < 4.78 is 73.1. The molecule has 0 aromatic carbocycles. The molecule has 0 spiro atoms. The van der Waals surface area contributed by atoms with Gasteiger partial charge in [0, 0.05) is 17.8 Å². The van der Waals surface area contributed by atoms with Crippen LogP contribution in [0.1, 0.15) is 12.8 Å². The highest BCUT2D eigenvalue weighted by Gasteiger charge is 2.61. The molecule has 0 aromatic heterocycles. The monoisotopic (exact) mass is 297 g/mol.